The van der Waals surface area contributed by atoms with Crippen LogP contribution in [0.4, 0.5) is 0 Å². The van der Waals surface area contributed by atoms with Gasteiger partial charge in [-0.1, -0.05) is 20.8 Å². The van der Waals surface area contributed by atoms with Crippen molar-refractivity contribution in [2.24, 2.45) is 5.73 Å². The van der Waals surface area contributed by atoms with Crippen molar-refractivity contribution in [3.63, 3.8) is 0 Å². The summed E-state index contributed by atoms with van der Waals surface area (Å²) in [5, 5.41) is 13.4. The summed E-state index contributed by atoms with van der Waals surface area (Å²) in [5.41, 5.74) is 5.55. The molecule has 0 atom stereocenters. The highest BCUT2D eigenvalue weighted by molar-refractivity contribution is 5.94. The number of H-pyrrole nitrogens is 1. The number of hydrogen-bond donors (Lipinski definition) is 3. The van der Waals surface area contributed by atoms with Crippen LogP contribution >= 0.6 is 0 Å². The van der Waals surface area contributed by atoms with Crippen molar-refractivity contribution in [3.8, 4) is 0 Å². The van der Waals surface area contributed by atoms with Gasteiger partial charge in [0, 0.05) is 5.41 Å². The molecule has 0 aliphatic rings. The van der Waals surface area contributed by atoms with Gasteiger partial charge in [0.15, 0.2) is 0 Å². The number of nitrogens with one attached hydrogen (secondary N) is 2. The maximum Gasteiger partial charge on any atom is 0.275 e. The standard InChI is InChI=1S/C9H14N4O/c1-9(2,3)6-4-5(7(10)11)8(14)13-12-6/h4H,1-3H3,(H3,10,11)(H,13,14). The van der Waals surface area contributed by atoms with Crippen LogP contribution in [-0.4, -0.2) is 16.0 Å². The molecule has 0 bridgehead atoms. The van der Waals surface area contributed by atoms with Gasteiger partial charge in [-0.3, -0.25) is 10.2 Å². The average molecular weight is 194 g/mol. The molecular formula is C9H14N4O. The van der Waals surface area contributed by atoms with Crippen LogP contribution in [0.25, 0.3) is 0 Å². The van der Waals surface area contributed by atoms with Crippen LogP contribution < -0.4 is 11.3 Å². The minimum Gasteiger partial charge on any atom is -0.384 e. The third-order valence-electron chi connectivity index (χ3n) is 1.86. The minimum atomic E-state index is -0.425. The molecule has 0 aliphatic carbocycles. The molecule has 0 saturated heterocycles. The van der Waals surface area contributed by atoms with E-state index < -0.39 is 5.56 Å². The molecule has 4 N–H and O–H groups in total. The lowest BCUT2D eigenvalue weighted by Gasteiger charge is -2.17. The van der Waals surface area contributed by atoms with Crippen LogP contribution in [0.2, 0.25) is 0 Å². The van der Waals surface area contributed by atoms with E-state index in [4.69, 9.17) is 11.1 Å². The van der Waals surface area contributed by atoms with Crippen LogP contribution in [0, 0.1) is 5.41 Å². The summed E-state index contributed by atoms with van der Waals surface area (Å²) < 4.78 is 0. The summed E-state index contributed by atoms with van der Waals surface area (Å²) in [4.78, 5) is 11.2. The number of rotatable bonds is 1. The van der Waals surface area contributed by atoms with Gasteiger partial charge in [-0.25, -0.2) is 5.10 Å². The Labute approximate surface area is 81.9 Å². The Morgan fingerprint density at radius 2 is 2.14 bits per heavy atom. The maximum absolute atomic E-state index is 11.2. The van der Waals surface area contributed by atoms with Crippen LogP contribution in [0.5, 0.6) is 0 Å². The van der Waals surface area contributed by atoms with Crippen molar-refractivity contribution in [2.75, 3.05) is 0 Å². The fraction of sp³-hybridized carbons (Fsp3) is 0.444. The maximum atomic E-state index is 11.2. The van der Waals surface area contributed by atoms with Gasteiger partial charge in [-0.2, -0.15) is 5.10 Å². The smallest absolute Gasteiger partial charge is 0.275 e. The van der Waals surface area contributed by atoms with E-state index in [1.807, 2.05) is 20.8 Å². The van der Waals surface area contributed by atoms with E-state index in [1.165, 1.54) is 0 Å². The Morgan fingerprint density at radius 3 is 2.57 bits per heavy atom. The van der Waals surface area contributed by atoms with E-state index in [2.05, 4.69) is 10.2 Å². The highest BCUT2D eigenvalue weighted by atomic mass is 16.1. The molecule has 0 aromatic carbocycles. The predicted octanol–water partition coefficient (Wildman–Crippen LogP) is 0.351. The molecule has 0 unspecified atom stereocenters. The zero-order chi connectivity index (χ0) is 10.9. The molecule has 0 spiro atoms. The summed E-state index contributed by atoms with van der Waals surface area (Å²) in [6.07, 6.45) is 0. The van der Waals surface area contributed by atoms with Gasteiger partial charge in [-0.05, 0) is 6.07 Å². The molecule has 0 aliphatic heterocycles. The van der Waals surface area contributed by atoms with Gasteiger partial charge in [0.05, 0.1) is 11.3 Å². The SMILES string of the molecule is CC(C)(C)c1cc(C(=N)N)c(=O)[nH]n1. The lowest BCUT2D eigenvalue weighted by Crippen LogP contribution is -2.27. The Morgan fingerprint density at radius 1 is 1.57 bits per heavy atom. The third-order valence-corrected chi connectivity index (χ3v) is 1.86. The van der Waals surface area contributed by atoms with Crippen LogP contribution in [0.3, 0.4) is 0 Å². The minimum absolute atomic E-state index is 0.171. The molecule has 76 valence electrons. The van der Waals surface area contributed by atoms with Gasteiger partial charge in [0.25, 0.3) is 5.56 Å². The van der Waals surface area contributed by atoms with E-state index >= 15 is 0 Å². The van der Waals surface area contributed by atoms with Gasteiger partial charge in [-0.15, -0.1) is 0 Å². The molecule has 5 nitrogen and oxygen atoms in total. The van der Waals surface area contributed by atoms with Crippen LogP contribution in [-0.2, 0) is 5.41 Å². The highest BCUT2D eigenvalue weighted by Gasteiger charge is 2.17. The number of nitrogens with zero attached hydrogens (tertiary/aromatic N) is 1. The molecule has 0 fully saturated rings. The fourth-order valence-corrected chi connectivity index (χ4v) is 0.990. The molecule has 0 saturated carbocycles. The molecular weight excluding hydrogens is 180 g/mol. The summed E-state index contributed by atoms with van der Waals surface area (Å²) in [6.45, 7) is 5.91. The predicted molar refractivity (Wildman–Crippen MR) is 54.6 cm³/mol. The van der Waals surface area contributed by atoms with Gasteiger partial charge < -0.3 is 5.73 Å². The van der Waals surface area contributed by atoms with Crippen molar-refractivity contribution in [1.29, 1.82) is 5.41 Å². The van der Waals surface area contributed by atoms with Gasteiger partial charge in [0.2, 0.25) is 0 Å². The van der Waals surface area contributed by atoms with E-state index in [0.29, 0.717) is 5.69 Å². The summed E-state index contributed by atoms with van der Waals surface area (Å²) >= 11 is 0. The summed E-state index contributed by atoms with van der Waals surface area (Å²) in [5.74, 6) is -0.237. The largest absolute Gasteiger partial charge is 0.384 e. The number of aromatic nitrogens is 2. The number of hydrogen-bond acceptors (Lipinski definition) is 3. The molecule has 1 rings (SSSR count). The van der Waals surface area contributed by atoms with Crippen molar-refractivity contribution in [2.45, 2.75) is 26.2 Å². The number of nitrogen functional groups attached to an aromatic ring is 1. The molecule has 1 aromatic rings. The topological polar surface area (TPSA) is 95.6 Å². The first-order chi connectivity index (χ1) is 6.32. The van der Waals surface area contributed by atoms with Crippen molar-refractivity contribution < 1.29 is 0 Å². The second-order valence-corrected chi connectivity index (χ2v) is 4.16. The Bertz CT molecular complexity index is 414. The van der Waals surface area contributed by atoms with Crippen molar-refractivity contribution >= 4 is 5.84 Å². The van der Waals surface area contributed by atoms with Crippen molar-refractivity contribution in [1.82, 2.24) is 10.2 Å². The normalized spacial score (nSPS) is 11.4. The monoisotopic (exact) mass is 194 g/mol. The third kappa shape index (κ3) is 1.99. The molecule has 5 heteroatoms. The summed E-state index contributed by atoms with van der Waals surface area (Å²) in [6, 6.07) is 1.56. The second-order valence-electron chi connectivity index (χ2n) is 4.16. The van der Waals surface area contributed by atoms with E-state index in [9.17, 15) is 4.79 Å². The first-order valence-corrected chi connectivity index (χ1v) is 4.27. The second kappa shape index (κ2) is 3.25. The quantitative estimate of drug-likeness (QED) is 0.444. The highest BCUT2D eigenvalue weighted by Crippen LogP contribution is 2.18. The van der Waals surface area contributed by atoms with Gasteiger partial charge in [0.1, 0.15) is 5.84 Å². The number of nitrogens with two attached hydrogens (primary N) is 1. The zero-order valence-electron chi connectivity index (χ0n) is 8.51. The molecule has 14 heavy (non-hydrogen) atoms. The van der Waals surface area contributed by atoms with Gasteiger partial charge >= 0.3 is 0 Å². The molecule has 1 aromatic heterocycles. The van der Waals surface area contributed by atoms with E-state index in [0.717, 1.165) is 0 Å². The first-order valence-electron chi connectivity index (χ1n) is 4.27. The molecule has 1 heterocycles. The Hall–Kier alpha value is -1.65. The average Bonchev–Trinajstić information content (AvgIpc) is 2.02. The van der Waals surface area contributed by atoms with E-state index in [1.54, 1.807) is 6.07 Å². The lowest BCUT2D eigenvalue weighted by molar-refractivity contribution is 0.556. The van der Waals surface area contributed by atoms with E-state index in [-0.39, 0.29) is 16.8 Å². The Kier molecular flexibility index (Phi) is 2.42. The van der Waals surface area contributed by atoms with Crippen molar-refractivity contribution in [3.05, 3.63) is 27.7 Å². The molecule has 0 radical (unpaired) electrons. The zero-order valence-corrected chi connectivity index (χ0v) is 8.51. The number of amidine groups is 1. The summed E-state index contributed by atoms with van der Waals surface area (Å²) in [7, 11) is 0. The number of aromatic amines is 1. The van der Waals surface area contributed by atoms with Crippen LogP contribution in [0.15, 0.2) is 10.9 Å². The fourth-order valence-electron chi connectivity index (χ4n) is 0.990. The lowest BCUT2D eigenvalue weighted by atomic mass is 9.91. The molecule has 0 amide bonds. The first kappa shape index (κ1) is 10.4. The van der Waals surface area contributed by atoms with Crippen LogP contribution in [0.1, 0.15) is 32.0 Å². The Balaban J connectivity index is 3.34.